The van der Waals surface area contributed by atoms with Gasteiger partial charge in [-0.05, 0) is 71.5 Å². The molecule has 23 heavy (non-hydrogen) atoms. The van der Waals surface area contributed by atoms with E-state index in [1.807, 2.05) is 25.1 Å². The highest BCUT2D eigenvalue weighted by Crippen LogP contribution is 2.23. The van der Waals surface area contributed by atoms with Gasteiger partial charge in [0.1, 0.15) is 5.75 Å². The quantitative estimate of drug-likeness (QED) is 0.694. The second-order valence-electron chi connectivity index (χ2n) is 4.80. The number of carbonyl (C=O) groups excluding carboxylic acids is 2. The van der Waals surface area contributed by atoms with Crippen molar-refractivity contribution in [2.24, 2.45) is 5.73 Å². The van der Waals surface area contributed by atoms with Crippen molar-refractivity contribution in [3.05, 3.63) is 56.1 Å². The van der Waals surface area contributed by atoms with Crippen LogP contribution < -0.4 is 15.8 Å². The second-order valence-corrected chi connectivity index (χ2v) is 6.48. The van der Waals surface area contributed by atoms with Gasteiger partial charge in [-0.1, -0.05) is 11.6 Å². The number of ether oxygens (including phenoxy) is 1. The number of nitrogens with one attached hydrogen (secondary N) is 1. The molecule has 0 radical (unpaired) electrons. The molecule has 0 saturated carbocycles. The maximum atomic E-state index is 12.0. The molecule has 2 aromatic carbocycles. The van der Waals surface area contributed by atoms with Crippen molar-refractivity contribution in [1.29, 1.82) is 0 Å². The van der Waals surface area contributed by atoms with Crippen LogP contribution in [0, 0.1) is 10.5 Å². The third kappa shape index (κ3) is 4.84. The highest BCUT2D eigenvalue weighted by Gasteiger charge is 2.12. The number of rotatable bonds is 5. The summed E-state index contributed by atoms with van der Waals surface area (Å²) in [4.78, 5) is 23.4. The molecule has 3 N–H and O–H groups in total. The number of hydrogen-bond donors (Lipinski definition) is 2. The van der Waals surface area contributed by atoms with Crippen molar-refractivity contribution in [3.63, 3.8) is 0 Å². The van der Waals surface area contributed by atoms with Crippen molar-refractivity contribution in [3.8, 4) is 5.75 Å². The average molecular weight is 445 g/mol. The number of benzene rings is 2. The maximum Gasteiger partial charge on any atom is 0.262 e. The minimum absolute atomic E-state index is 0.135. The van der Waals surface area contributed by atoms with Crippen LogP contribution in [0.5, 0.6) is 5.75 Å². The Morgan fingerprint density at radius 1 is 1.26 bits per heavy atom. The van der Waals surface area contributed by atoms with Crippen LogP contribution in [-0.4, -0.2) is 18.4 Å². The van der Waals surface area contributed by atoms with Gasteiger partial charge in [0.05, 0.1) is 5.56 Å². The van der Waals surface area contributed by atoms with Crippen LogP contribution in [0.1, 0.15) is 15.9 Å². The summed E-state index contributed by atoms with van der Waals surface area (Å²) in [6.45, 7) is 1.66. The van der Waals surface area contributed by atoms with E-state index in [-0.39, 0.29) is 23.8 Å². The predicted molar refractivity (Wildman–Crippen MR) is 98.0 cm³/mol. The van der Waals surface area contributed by atoms with E-state index in [0.717, 1.165) is 9.13 Å². The van der Waals surface area contributed by atoms with Gasteiger partial charge in [0, 0.05) is 14.3 Å². The fraction of sp³-hybridized carbons (Fsp3) is 0.125. The fourth-order valence-electron chi connectivity index (χ4n) is 1.92. The fourth-order valence-corrected chi connectivity index (χ4v) is 2.74. The number of anilines is 1. The van der Waals surface area contributed by atoms with Crippen LogP contribution >= 0.6 is 34.2 Å². The van der Waals surface area contributed by atoms with Gasteiger partial charge in [-0.25, -0.2) is 0 Å². The van der Waals surface area contributed by atoms with Gasteiger partial charge in [-0.3, -0.25) is 9.59 Å². The van der Waals surface area contributed by atoms with E-state index in [9.17, 15) is 9.59 Å². The lowest BCUT2D eigenvalue weighted by atomic mass is 10.2. The van der Waals surface area contributed by atoms with E-state index in [1.165, 1.54) is 12.1 Å². The standard InChI is InChI=1S/C16H14ClIN2O3/c1-9-6-11(18)3-4-13(9)20-15(21)8-23-14-5-2-10(17)7-12(14)16(19)22/h2-7H,8H2,1H3,(H2,19,22)(H,20,21). The molecule has 2 amide bonds. The monoisotopic (exact) mass is 444 g/mol. The van der Waals surface area contributed by atoms with Gasteiger partial charge in [-0.2, -0.15) is 0 Å². The first-order valence-corrected chi connectivity index (χ1v) is 8.10. The lowest BCUT2D eigenvalue weighted by Crippen LogP contribution is -2.22. The number of hydrogen-bond acceptors (Lipinski definition) is 3. The van der Waals surface area contributed by atoms with Crippen LogP contribution in [-0.2, 0) is 4.79 Å². The summed E-state index contributed by atoms with van der Waals surface area (Å²) in [6, 6.07) is 10.2. The van der Waals surface area contributed by atoms with Crippen molar-refractivity contribution >= 4 is 51.7 Å². The first kappa shape index (κ1) is 17.6. The Bertz CT molecular complexity index is 765. The lowest BCUT2D eigenvalue weighted by Gasteiger charge is -2.11. The Kier molecular flexibility index (Phi) is 5.84. The smallest absolute Gasteiger partial charge is 0.262 e. The molecule has 0 bridgehead atoms. The lowest BCUT2D eigenvalue weighted by molar-refractivity contribution is -0.118. The summed E-state index contributed by atoms with van der Waals surface area (Å²) in [5.41, 5.74) is 7.07. The van der Waals surface area contributed by atoms with Crippen molar-refractivity contribution in [2.45, 2.75) is 6.92 Å². The minimum Gasteiger partial charge on any atom is -0.483 e. The summed E-state index contributed by atoms with van der Waals surface area (Å²) in [5.74, 6) is -0.785. The Labute approximate surface area is 152 Å². The van der Waals surface area contributed by atoms with Gasteiger partial charge in [0.2, 0.25) is 0 Å². The molecule has 0 atom stereocenters. The first-order valence-electron chi connectivity index (χ1n) is 6.65. The van der Waals surface area contributed by atoms with Crippen LogP contribution in [0.3, 0.4) is 0 Å². The Morgan fingerprint density at radius 2 is 2.00 bits per heavy atom. The highest BCUT2D eigenvalue weighted by molar-refractivity contribution is 14.1. The minimum atomic E-state index is -0.670. The summed E-state index contributed by atoms with van der Waals surface area (Å²) in [5, 5.41) is 3.12. The normalized spacial score (nSPS) is 10.2. The number of primary amides is 1. The van der Waals surface area contributed by atoms with Gasteiger partial charge in [-0.15, -0.1) is 0 Å². The molecule has 2 rings (SSSR count). The molecular formula is C16H14ClIN2O3. The molecular weight excluding hydrogens is 431 g/mol. The zero-order chi connectivity index (χ0) is 17.0. The third-order valence-electron chi connectivity index (χ3n) is 3.03. The van der Waals surface area contributed by atoms with Crippen molar-refractivity contribution in [2.75, 3.05) is 11.9 Å². The van der Waals surface area contributed by atoms with E-state index >= 15 is 0 Å². The molecule has 0 aromatic heterocycles. The van der Waals surface area contributed by atoms with E-state index < -0.39 is 5.91 Å². The number of nitrogens with two attached hydrogens (primary N) is 1. The van der Waals surface area contributed by atoms with Crippen LogP contribution in [0.4, 0.5) is 5.69 Å². The van der Waals surface area contributed by atoms with Crippen LogP contribution in [0.15, 0.2) is 36.4 Å². The van der Waals surface area contributed by atoms with Crippen molar-refractivity contribution in [1.82, 2.24) is 0 Å². The summed E-state index contributed by atoms with van der Waals surface area (Å²) in [6.07, 6.45) is 0. The molecule has 0 aliphatic rings. The molecule has 0 heterocycles. The van der Waals surface area contributed by atoms with Crippen molar-refractivity contribution < 1.29 is 14.3 Å². The molecule has 0 aliphatic heterocycles. The Balaban J connectivity index is 2.03. The molecule has 120 valence electrons. The second kappa shape index (κ2) is 7.65. The van der Waals surface area contributed by atoms with E-state index in [1.54, 1.807) is 6.07 Å². The van der Waals surface area contributed by atoms with Gasteiger partial charge < -0.3 is 15.8 Å². The number of carbonyl (C=O) groups is 2. The topological polar surface area (TPSA) is 81.4 Å². The Hall–Kier alpha value is -1.80. The summed E-state index contributed by atoms with van der Waals surface area (Å²) >= 11 is 8.02. The highest BCUT2D eigenvalue weighted by atomic mass is 127. The molecule has 0 spiro atoms. The first-order chi connectivity index (χ1) is 10.9. The molecule has 0 fully saturated rings. The van der Waals surface area contributed by atoms with Crippen LogP contribution in [0.25, 0.3) is 0 Å². The number of amides is 2. The number of aryl methyl sites for hydroxylation is 1. The molecule has 2 aromatic rings. The van der Waals surface area contributed by atoms with E-state index in [2.05, 4.69) is 27.9 Å². The third-order valence-corrected chi connectivity index (χ3v) is 3.93. The zero-order valence-electron chi connectivity index (χ0n) is 12.2. The largest absolute Gasteiger partial charge is 0.483 e. The molecule has 0 unspecified atom stereocenters. The molecule has 5 nitrogen and oxygen atoms in total. The summed E-state index contributed by atoms with van der Waals surface area (Å²) < 4.78 is 6.46. The zero-order valence-corrected chi connectivity index (χ0v) is 15.1. The maximum absolute atomic E-state index is 12.0. The van der Waals surface area contributed by atoms with E-state index in [4.69, 9.17) is 22.1 Å². The van der Waals surface area contributed by atoms with Gasteiger partial charge in [0.15, 0.2) is 6.61 Å². The summed E-state index contributed by atoms with van der Waals surface area (Å²) in [7, 11) is 0. The number of halogens is 2. The molecule has 0 saturated heterocycles. The van der Waals surface area contributed by atoms with Crippen LogP contribution in [0.2, 0.25) is 5.02 Å². The SMILES string of the molecule is Cc1cc(I)ccc1NC(=O)COc1ccc(Cl)cc1C(N)=O. The average Bonchev–Trinajstić information content (AvgIpc) is 2.48. The Morgan fingerprint density at radius 3 is 2.65 bits per heavy atom. The molecule has 0 aliphatic carbocycles. The van der Waals surface area contributed by atoms with Gasteiger partial charge >= 0.3 is 0 Å². The predicted octanol–water partition coefficient (Wildman–Crippen LogP) is 3.37. The van der Waals surface area contributed by atoms with Gasteiger partial charge in [0.25, 0.3) is 11.8 Å². The molecule has 7 heteroatoms. The van der Waals surface area contributed by atoms with E-state index in [0.29, 0.717) is 10.7 Å².